The number of pyridine rings is 1. The van der Waals surface area contributed by atoms with Crippen LogP contribution >= 0.6 is 11.3 Å². The van der Waals surface area contributed by atoms with Crippen LogP contribution in [0.25, 0.3) is 11.3 Å². The van der Waals surface area contributed by atoms with Crippen LogP contribution in [-0.2, 0) is 43.4 Å². The minimum Gasteiger partial charge on any atom is -0.726 e. The number of nitriles is 1. The van der Waals surface area contributed by atoms with Gasteiger partial charge in [0, 0.05) is 60.3 Å². The van der Waals surface area contributed by atoms with Crippen molar-refractivity contribution >= 4 is 39.6 Å². The molecule has 3 atom stereocenters. The first-order valence-electron chi connectivity index (χ1n) is 16.7. The Balaban J connectivity index is 0.00000140. The molecule has 1 amide bonds. The first-order chi connectivity index (χ1) is 27.3. The molecule has 58 heavy (non-hydrogen) atoms. The van der Waals surface area contributed by atoms with Crippen molar-refractivity contribution in [2.75, 3.05) is 25.5 Å². The lowest BCUT2D eigenvalue weighted by molar-refractivity contribution is -0.753. The second-order valence-electron chi connectivity index (χ2n) is 12.4. The Morgan fingerprint density at radius 3 is 2.52 bits per heavy atom. The van der Waals surface area contributed by atoms with E-state index in [-0.39, 0.29) is 31.1 Å². The highest BCUT2D eigenvalue weighted by molar-refractivity contribution is 7.79. The molecule has 2 aromatic carbocycles. The zero-order valence-electron chi connectivity index (χ0n) is 31.0. The van der Waals surface area contributed by atoms with Crippen molar-refractivity contribution in [1.29, 1.82) is 5.26 Å². The molecule has 1 unspecified atom stereocenters. The Hall–Kier alpha value is -6.32. The molecule has 19 nitrogen and oxygen atoms in total. The summed E-state index contributed by atoms with van der Waals surface area (Å²) in [6.45, 7) is 2.27. The molecule has 0 aliphatic carbocycles. The number of nitrogens with zero attached hydrogens (tertiary/aromatic N) is 9. The minimum atomic E-state index is -4.92. The number of carbonyl (C=O) groups excluding carboxylic acids is 2. The van der Waals surface area contributed by atoms with Gasteiger partial charge in [-0.3, -0.25) is 19.3 Å². The molecular weight excluding hydrogens is 809 g/mol. The number of benzene rings is 2. The van der Waals surface area contributed by atoms with E-state index in [4.69, 9.17) is 32.3 Å². The summed E-state index contributed by atoms with van der Waals surface area (Å²) in [6.07, 6.45) is 2.46. The Bertz CT molecular complexity index is 2390. The highest BCUT2D eigenvalue weighted by atomic mass is 32.3. The predicted octanol–water partition coefficient (Wildman–Crippen LogP) is 3.98. The predicted molar refractivity (Wildman–Crippen MR) is 198 cm³/mol. The number of anilines is 1. The smallest absolute Gasteiger partial charge is 0.418 e. The molecule has 0 aliphatic heterocycles. The molecule has 0 spiro atoms. The van der Waals surface area contributed by atoms with E-state index >= 15 is 4.39 Å². The fraction of sp³-hybridized carbons (Fsp3) is 0.286. The van der Waals surface area contributed by atoms with Crippen molar-refractivity contribution in [2.24, 2.45) is 5.29 Å². The fourth-order valence-corrected chi connectivity index (χ4v) is 6.29. The van der Waals surface area contributed by atoms with Gasteiger partial charge < -0.3 is 19.1 Å². The van der Waals surface area contributed by atoms with Crippen molar-refractivity contribution in [3.8, 4) is 17.3 Å². The number of esters is 1. The van der Waals surface area contributed by atoms with Gasteiger partial charge in [0.15, 0.2) is 0 Å². The van der Waals surface area contributed by atoms with Gasteiger partial charge in [-0.25, -0.2) is 32.0 Å². The Morgan fingerprint density at radius 2 is 1.86 bits per heavy atom. The third kappa shape index (κ3) is 11.8. The zero-order chi connectivity index (χ0) is 42.8. The van der Waals surface area contributed by atoms with Gasteiger partial charge in [0.2, 0.25) is 23.0 Å². The van der Waals surface area contributed by atoms with Gasteiger partial charge in [0.1, 0.15) is 42.7 Å². The van der Waals surface area contributed by atoms with Gasteiger partial charge in [-0.1, -0.05) is 25.1 Å². The number of halogens is 2. The molecule has 5 rings (SSSR count). The van der Waals surface area contributed by atoms with Crippen LogP contribution in [0, 0.1) is 27.9 Å². The Morgan fingerprint density at radius 1 is 1.17 bits per heavy atom. The topological polar surface area (TPSA) is 257 Å². The quantitative estimate of drug-likeness (QED) is 0.0400. The first-order valence-corrected chi connectivity index (χ1v) is 18.9. The minimum absolute atomic E-state index is 0.153. The Labute approximate surface area is 333 Å². The lowest BCUT2D eigenvalue weighted by atomic mass is 9.82. The maximum absolute atomic E-state index is 15.3. The van der Waals surface area contributed by atoms with Crippen LogP contribution in [0.1, 0.15) is 47.7 Å². The molecular formula is C35H35F2N9O10S2. The molecule has 0 aliphatic rings. The number of carbonyl (C=O) groups is 2. The molecule has 2 N–H and O–H groups in total. The highest BCUT2D eigenvalue weighted by Crippen LogP contribution is 2.41. The van der Waals surface area contributed by atoms with Crippen LogP contribution in [0.15, 0.2) is 84.1 Å². The number of ether oxygens (including phenoxy) is 2. The molecule has 306 valence electrons. The summed E-state index contributed by atoms with van der Waals surface area (Å²) < 4.78 is 76.3. The number of nitroso groups, excluding NO2 is 1. The number of thiazole rings is 1. The molecule has 0 fully saturated rings. The molecule has 0 radical (unpaired) electrons. The van der Waals surface area contributed by atoms with E-state index in [2.05, 4.69) is 26.4 Å². The van der Waals surface area contributed by atoms with Crippen LogP contribution in [0.4, 0.5) is 19.4 Å². The van der Waals surface area contributed by atoms with E-state index in [1.807, 2.05) is 0 Å². The summed E-state index contributed by atoms with van der Waals surface area (Å²) in [7, 11) is -2.18. The zero-order valence-corrected chi connectivity index (χ0v) is 32.7. The molecule has 0 saturated carbocycles. The number of hydrogen-bond acceptors (Lipinski definition) is 15. The Kier molecular flexibility index (Phi) is 14.7. The van der Waals surface area contributed by atoms with E-state index in [1.54, 1.807) is 55.6 Å². The van der Waals surface area contributed by atoms with Crippen molar-refractivity contribution < 1.29 is 55.0 Å². The van der Waals surface area contributed by atoms with Gasteiger partial charge in [0.05, 0.1) is 27.6 Å². The summed E-state index contributed by atoms with van der Waals surface area (Å²) in [6, 6.07) is 14.9. The fourth-order valence-electron chi connectivity index (χ4n) is 5.32. The van der Waals surface area contributed by atoms with Gasteiger partial charge in [-0.05, 0) is 36.4 Å². The highest BCUT2D eigenvalue weighted by Gasteiger charge is 2.43. The second-order valence-corrected chi connectivity index (χ2v) is 14.2. The van der Waals surface area contributed by atoms with E-state index in [1.165, 1.54) is 53.5 Å². The number of hydrogen-bond donors (Lipinski definition) is 2. The van der Waals surface area contributed by atoms with Crippen LogP contribution in [0.2, 0.25) is 0 Å². The largest absolute Gasteiger partial charge is 0.726 e. The van der Waals surface area contributed by atoms with Gasteiger partial charge in [-0.15, -0.1) is 20.9 Å². The second kappa shape index (κ2) is 19.2. The first kappa shape index (κ1) is 44.4. The normalized spacial score (nSPS) is 13.1. The number of amides is 1. The van der Waals surface area contributed by atoms with Crippen molar-refractivity contribution in [3.63, 3.8) is 0 Å². The van der Waals surface area contributed by atoms with Crippen LogP contribution in [0.5, 0.6) is 0 Å². The van der Waals surface area contributed by atoms with E-state index in [9.17, 15) is 24.0 Å². The number of aromatic nitrogens is 5. The lowest BCUT2D eigenvalue weighted by Gasteiger charge is -2.32. The number of likely N-dealkylation sites (N-methyl/N-ethyl adjacent to an activating group) is 1. The SMILES string of the molecule is CC(OC(=O)N(C)c1ncccc1COC(=O)CN(C)N=O)[n+]1cnn(C[C@](O)(c2cc(F)ccc2F)[C@@H](C)c2nc(-c3ccc(C#N)cc3)cs2)c1.O=S(=O)([O-])O. The summed E-state index contributed by atoms with van der Waals surface area (Å²) in [5.74, 6) is -3.01. The van der Waals surface area contributed by atoms with Crippen LogP contribution < -0.4 is 9.47 Å². The molecule has 3 heterocycles. The van der Waals surface area contributed by atoms with Crippen molar-refractivity contribution in [1.82, 2.24) is 24.8 Å². The van der Waals surface area contributed by atoms with Gasteiger partial charge in [-0.2, -0.15) is 9.83 Å². The van der Waals surface area contributed by atoms with Gasteiger partial charge in [0.25, 0.3) is 6.33 Å². The van der Waals surface area contributed by atoms with E-state index in [0.29, 0.717) is 21.8 Å². The molecule has 23 heteroatoms. The monoisotopic (exact) mass is 843 g/mol. The summed E-state index contributed by atoms with van der Waals surface area (Å²) in [5, 5.41) is 31.4. The maximum atomic E-state index is 15.3. The van der Waals surface area contributed by atoms with E-state index in [0.717, 1.165) is 33.7 Å². The maximum Gasteiger partial charge on any atom is 0.418 e. The van der Waals surface area contributed by atoms with Crippen LogP contribution in [0.3, 0.4) is 0 Å². The third-order valence-electron chi connectivity index (χ3n) is 8.35. The van der Waals surface area contributed by atoms with E-state index < -0.39 is 51.8 Å². The molecule has 0 bridgehead atoms. The lowest BCUT2D eigenvalue weighted by Crippen LogP contribution is -2.42. The average molecular weight is 844 g/mol. The standard InChI is InChI=1S/C35H34F2N9O6S.H2O4S/c1-22(33-41-30(18-53-33)25-9-7-24(15-38)8-10-25)35(49,28-14-27(36)11-12-29(28)37)19-46-21-45(20-40-46)23(2)52-34(48)44(4)32-26(6-5-13-39-32)17-51-31(47)16-43(3)42-50;1-5(2,3)4/h5-14,18,20-23,49H,16-17,19H2,1-4H3;(H2,1,2,3,4)/q+1;/p-1/t22-,23?,35+;/m0./s1. The number of rotatable bonds is 14. The molecule has 5 aromatic rings. The van der Waals surface area contributed by atoms with Gasteiger partial charge >= 0.3 is 12.1 Å². The molecule has 3 aromatic heterocycles. The van der Waals surface area contributed by atoms with Crippen molar-refractivity contribution in [3.05, 3.63) is 117 Å². The number of aliphatic hydroxyl groups is 1. The summed E-state index contributed by atoms with van der Waals surface area (Å²) >= 11 is 1.23. The van der Waals surface area contributed by atoms with Crippen molar-refractivity contribution in [2.45, 2.75) is 44.7 Å². The average Bonchev–Trinajstić information content (AvgIpc) is 3.87. The third-order valence-corrected chi connectivity index (χ3v) is 9.38. The summed E-state index contributed by atoms with van der Waals surface area (Å²) in [4.78, 5) is 45.8. The van der Waals surface area contributed by atoms with Crippen LogP contribution in [-0.4, -0.2) is 80.1 Å². The summed E-state index contributed by atoms with van der Waals surface area (Å²) in [5.41, 5.74) is -0.169. The molecule has 0 saturated heterocycles.